The van der Waals surface area contributed by atoms with E-state index in [1.54, 1.807) is 5.56 Å². The van der Waals surface area contributed by atoms with Gasteiger partial charge in [-0.3, -0.25) is 0 Å². The second-order valence-corrected chi connectivity index (χ2v) is 3.67. The Kier molecular flexibility index (Phi) is 4.68. The van der Waals surface area contributed by atoms with Gasteiger partial charge in [-0.2, -0.15) is 0 Å². The van der Waals surface area contributed by atoms with Crippen molar-refractivity contribution >= 4 is 6.16 Å². The van der Waals surface area contributed by atoms with Crippen LogP contribution in [0.2, 0.25) is 0 Å². The van der Waals surface area contributed by atoms with Crippen LogP contribution >= 0.6 is 0 Å². The summed E-state index contributed by atoms with van der Waals surface area (Å²) in [6.45, 7) is 0. The molecule has 1 saturated carbocycles. The van der Waals surface area contributed by atoms with Gasteiger partial charge in [-0.15, -0.1) is 0 Å². The highest BCUT2D eigenvalue weighted by Crippen LogP contribution is 2.33. The zero-order valence-corrected chi connectivity index (χ0v) is 8.60. The number of rotatable bonds is 1. The van der Waals surface area contributed by atoms with Crippen molar-refractivity contribution in [1.29, 1.82) is 0 Å². The van der Waals surface area contributed by atoms with E-state index in [1.807, 2.05) is 0 Å². The highest BCUT2D eigenvalue weighted by atomic mass is 16.6. The molecule has 0 aromatic heterocycles. The van der Waals surface area contributed by atoms with Crippen molar-refractivity contribution < 1.29 is 15.0 Å². The zero-order chi connectivity index (χ0) is 11.1. The summed E-state index contributed by atoms with van der Waals surface area (Å²) < 4.78 is 0. The second-order valence-electron chi connectivity index (χ2n) is 3.67. The summed E-state index contributed by atoms with van der Waals surface area (Å²) in [5.41, 5.74) is 1.55. The molecule has 0 aliphatic heterocycles. The minimum Gasteiger partial charge on any atom is -0.450 e. The predicted molar refractivity (Wildman–Crippen MR) is 58.3 cm³/mol. The van der Waals surface area contributed by atoms with Gasteiger partial charge in [0.05, 0.1) is 0 Å². The monoisotopic (exact) mass is 208 g/mol. The molecule has 3 heteroatoms. The lowest BCUT2D eigenvalue weighted by Crippen LogP contribution is -1.89. The molecule has 0 unspecified atom stereocenters. The van der Waals surface area contributed by atoms with E-state index in [2.05, 4.69) is 30.3 Å². The highest BCUT2D eigenvalue weighted by Gasteiger charge is 2.15. The van der Waals surface area contributed by atoms with E-state index < -0.39 is 6.16 Å². The van der Waals surface area contributed by atoms with E-state index in [4.69, 9.17) is 15.0 Å². The maximum Gasteiger partial charge on any atom is 0.503 e. The van der Waals surface area contributed by atoms with Crippen molar-refractivity contribution in [3.63, 3.8) is 0 Å². The summed E-state index contributed by atoms with van der Waals surface area (Å²) in [6.07, 6.45) is 3.84. The number of carbonyl (C=O) groups is 1. The first-order chi connectivity index (χ1) is 7.20. The molecular formula is C12H16O3. The predicted octanol–water partition coefficient (Wildman–Crippen LogP) is 3.57. The maximum atomic E-state index is 8.56. The summed E-state index contributed by atoms with van der Waals surface area (Å²) in [6, 6.07) is 10.9. The molecule has 82 valence electrons. The van der Waals surface area contributed by atoms with Crippen molar-refractivity contribution in [3.05, 3.63) is 35.9 Å². The Morgan fingerprint density at radius 2 is 1.53 bits per heavy atom. The van der Waals surface area contributed by atoms with E-state index in [1.165, 1.54) is 25.7 Å². The summed E-state index contributed by atoms with van der Waals surface area (Å²) in [7, 11) is 0. The van der Waals surface area contributed by atoms with Crippen LogP contribution in [0.4, 0.5) is 4.79 Å². The van der Waals surface area contributed by atoms with Gasteiger partial charge in [0.25, 0.3) is 0 Å². The van der Waals surface area contributed by atoms with Crippen LogP contribution < -0.4 is 0 Å². The van der Waals surface area contributed by atoms with E-state index >= 15 is 0 Å². The van der Waals surface area contributed by atoms with Crippen LogP contribution in [-0.4, -0.2) is 16.4 Å². The van der Waals surface area contributed by atoms with Crippen LogP contribution in [0.1, 0.15) is 37.2 Å². The van der Waals surface area contributed by atoms with Crippen molar-refractivity contribution in [2.24, 2.45) is 0 Å². The van der Waals surface area contributed by atoms with E-state index in [0.717, 1.165) is 5.92 Å². The molecule has 0 saturated heterocycles. The van der Waals surface area contributed by atoms with Gasteiger partial charge in [0.1, 0.15) is 0 Å². The Hall–Kier alpha value is -1.51. The van der Waals surface area contributed by atoms with Crippen LogP contribution in [0, 0.1) is 0 Å². The van der Waals surface area contributed by atoms with Crippen LogP contribution in [0.5, 0.6) is 0 Å². The van der Waals surface area contributed by atoms with Gasteiger partial charge in [-0.25, -0.2) is 4.79 Å². The quantitative estimate of drug-likeness (QED) is 0.741. The third-order valence-corrected chi connectivity index (χ3v) is 2.63. The first-order valence-electron chi connectivity index (χ1n) is 5.17. The highest BCUT2D eigenvalue weighted by molar-refractivity contribution is 5.53. The van der Waals surface area contributed by atoms with Crippen molar-refractivity contribution in [3.8, 4) is 0 Å². The smallest absolute Gasteiger partial charge is 0.450 e. The lowest BCUT2D eigenvalue weighted by molar-refractivity contribution is 0.137. The van der Waals surface area contributed by atoms with Crippen molar-refractivity contribution in [2.75, 3.05) is 0 Å². The number of hydrogen-bond acceptors (Lipinski definition) is 1. The minimum atomic E-state index is -1.83. The van der Waals surface area contributed by atoms with E-state index in [9.17, 15) is 0 Å². The minimum absolute atomic E-state index is 0.871. The lowest BCUT2D eigenvalue weighted by atomic mass is 9.98. The van der Waals surface area contributed by atoms with E-state index in [0.29, 0.717) is 0 Å². The topological polar surface area (TPSA) is 57.5 Å². The number of carboxylic acid groups (broad SMARTS) is 2. The Labute approximate surface area is 89.4 Å². The molecule has 0 amide bonds. The van der Waals surface area contributed by atoms with Gasteiger partial charge in [-0.1, -0.05) is 43.2 Å². The van der Waals surface area contributed by atoms with E-state index in [-0.39, 0.29) is 0 Å². The zero-order valence-electron chi connectivity index (χ0n) is 8.60. The standard InChI is InChI=1S/C11H14.CH2O3/c1-2-6-10(7-3-1)11-8-4-5-9-11;2-1(3)4/h1-3,6-7,11H,4-5,8-9H2;(H2,2,3,4). The maximum absolute atomic E-state index is 8.56. The summed E-state index contributed by atoms with van der Waals surface area (Å²) >= 11 is 0. The molecule has 3 nitrogen and oxygen atoms in total. The molecular weight excluding hydrogens is 192 g/mol. The molecule has 0 atom stereocenters. The molecule has 1 aliphatic carbocycles. The third-order valence-electron chi connectivity index (χ3n) is 2.63. The van der Waals surface area contributed by atoms with Crippen LogP contribution in [0.25, 0.3) is 0 Å². The van der Waals surface area contributed by atoms with Gasteiger partial charge in [0.2, 0.25) is 0 Å². The third kappa shape index (κ3) is 4.49. The Balaban J connectivity index is 0.000000245. The molecule has 0 spiro atoms. The van der Waals surface area contributed by atoms with Gasteiger partial charge >= 0.3 is 6.16 Å². The molecule has 1 fully saturated rings. The first kappa shape index (κ1) is 11.6. The molecule has 2 N–H and O–H groups in total. The normalized spacial score (nSPS) is 15.5. The number of hydrogen-bond donors (Lipinski definition) is 2. The molecule has 1 aromatic rings. The van der Waals surface area contributed by atoms with Crippen LogP contribution in [-0.2, 0) is 0 Å². The Bertz CT molecular complexity index is 285. The van der Waals surface area contributed by atoms with Gasteiger partial charge < -0.3 is 10.2 Å². The molecule has 0 radical (unpaired) electrons. The van der Waals surface area contributed by atoms with Gasteiger partial charge in [0, 0.05) is 0 Å². The van der Waals surface area contributed by atoms with Crippen molar-refractivity contribution in [1.82, 2.24) is 0 Å². The van der Waals surface area contributed by atoms with Crippen LogP contribution in [0.3, 0.4) is 0 Å². The largest absolute Gasteiger partial charge is 0.503 e. The Morgan fingerprint density at radius 3 is 2.00 bits per heavy atom. The number of benzene rings is 1. The summed E-state index contributed by atoms with van der Waals surface area (Å²) in [5.74, 6) is 0.871. The summed E-state index contributed by atoms with van der Waals surface area (Å²) in [4.78, 5) is 8.56. The molecule has 0 bridgehead atoms. The second kappa shape index (κ2) is 6.06. The molecule has 1 aromatic carbocycles. The molecule has 0 heterocycles. The SMILES string of the molecule is O=C(O)O.c1ccc(C2CCCC2)cc1. The average molecular weight is 208 g/mol. The van der Waals surface area contributed by atoms with Gasteiger partial charge in [-0.05, 0) is 24.3 Å². The lowest BCUT2D eigenvalue weighted by Gasteiger charge is -2.07. The Morgan fingerprint density at radius 1 is 1.07 bits per heavy atom. The van der Waals surface area contributed by atoms with Gasteiger partial charge in [0.15, 0.2) is 0 Å². The molecule has 1 aliphatic rings. The fraction of sp³-hybridized carbons (Fsp3) is 0.417. The first-order valence-corrected chi connectivity index (χ1v) is 5.17. The summed E-state index contributed by atoms with van der Waals surface area (Å²) in [5, 5.41) is 13.9. The fourth-order valence-corrected chi connectivity index (χ4v) is 1.98. The molecule has 15 heavy (non-hydrogen) atoms. The fourth-order valence-electron chi connectivity index (χ4n) is 1.98. The molecule has 2 rings (SSSR count). The van der Waals surface area contributed by atoms with Crippen molar-refractivity contribution in [2.45, 2.75) is 31.6 Å². The van der Waals surface area contributed by atoms with Crippen LogP contribution in [0.15, 0.2) is 30.3 Å². The average Bonchev–Trinajstić information content (AvgIpc) is 2.71.